The molecule has 2 aromatic heterocycles. The number of imidazole rings is 1. The molecule has 0 bridgehead atoms. The van der Waals surface area contributed by atoms with Crippen molar-refractivity contribution in [3.63, 3.8) is 0 Å². The minimum Gasteiger partial charge on any atom is -0.799 e. The number of anilines is 1. The number of carbonyl (C=O) groups excluding carboxylic acids is 1. The summed E-state index contributed by atoms with van der Waals surface area (Å²) >= 11 is 4.86. The Labute approximate surface area is 189 Å². The zero-order valence-corrected chi connectivity index (χ0v) is 19.8. The Morgan fingerprint density at radius 1 is 1.36 bits per heavy atom. The van der Waals surface area contributed by atoms with E-state index in [2.05, 4.69) is 19.7 Å². The van der Waals surface area contributed by atoms with Crippen molar-refractivity contribution in [2.75, 3.05) is 18.9 Å². The number of carbonyl (C=O) groups is 1. The van der Waals surface area contributed by atoms with Gasteiger partial charge < -0.3 is 33.9 Å². The predicted molar refractivity (Wildman–Crippen MR) is 98.1 cm³/mol. The predicted octanol–water partition coefficient (Wildman–Crippen LogP) is -2.02. The third kappa shape index (κ3) is 7.88. The van der Waals surface area contributed by atoms with Gasteiger partial charge in [-0.1, -0.05) is 11.8 Å². The Balaban J connectivity index is 0.00000392. The first-order valence-corrected chi connectivity index (χ1v) is 10.8. The maximum Gasteiger partial charge on any atom is 1.00 e. The number of nitrogens with two attached hydrogens (primary N) is 1. The summed E-state index contributed by atoms with van der Waals surface area (Å²) in [4.78, 5) is 35.5. The molecule has 2 aromatic rings. The zero-order chi connectivity index (χ0) is 20.0. The monoisotopic (exact) mass is 441 g/mol. The van der Waals surface area contributed by atoms with E-state index in [1.165, 1.54) is 6.33 Å². The molecule has 0 amide bonds. The van der Waals surface area contributed by atoms with Gasteiger partial charge in [0.2, 0.25) is 0 Å². The van der Waals surface area contributed by atoms with Crippen molar-refractivity contribution in [3.8, 4) is 0 Å². The summed E-state index contributed by atoms with van der Waals surface area (Å²) in [6, 6.07) is 0. The Bertz CT molecular complexity index is 838. The molecule has 0 aromatic carbocycles. The summed E-state index contributed by atoms with van der Waals surface area (Å²) in [5, 5.41) is 0. The Kier molecular flexibility index (Phi) is 10.2. The van der Waals surface area contributed by atoms with E-state index in [9.17, 15) is 9.69 Å². The van der Waals surface area contributed by atoms with Gasteiger partial charge >= 0.3 is 35.7 Å². The van der Waals surface area contributed by atoms with E-state index in [0.717, 1.165) is 0 Å². The normalized spacial score (nSPS) is 14.3. The molecule has 2 N–H and O–H groups in total. The summed E-state index contributed by atoms with van der Waals surface area (Å²) < 4.78 is 21.5. The van der Waals surface area contributed by atoms with E-state index in [4.69, 9.17) is 31.5 Å². The Morgan fingerprint density at radius 3 is 2.75 bits per heavy atom. The molecule has 2 heterocycles. The molecule has 0 radical (unpaired) electrons. The van der Waals surface area contributed by atoms with Gasteiger partial charge in [0.05, 0.1) is 31.4 Å². The van der Waals surface area contributed by atoms with Crippen LogP contribution in [-0.2, 0) is 37.1 Å². The second-order valence-corrected chi connectivity index (χ2v) is 9.26. The Hall–Kier alpha value is -0.850. The number of rotatable bonds is 9. The molecule has 2 atom stereocenters. The van der Waals surface area contributed by atoms with Crippen molar-refractivity contribution in [1.29, 1.82) is 0 Å². The van der Waals surface area contributed by atoms with E-state index in [1.54, 1.807) is 31.7 Å². The summed E-state index contributed by atoms with van der Waals surface area (Å²) in [5.41, 5.74) is 6.80. The van der Waals surface area contributed by atoms with E-state index in [1.807, 2.05) is 0 Å². The van der Waals surface area contributed by atoms with E-state index < -0.39 is 19.4 Å². The van der Waals surface area contributed by atoms with E-state index >= 15 is 0 Å². The van der Waals surface area contributed by atoms with Gasteiger partial charge in [0.1, 0.15) is 11.8 Å². The van der Waals surface area contributed by atoms with Crippen LogP contribution in [0.3, 0.4) is 0 Å². The molecule has 0 aliphatic heterocycles. The number of hydrogen-bond donors (Lipinski definition) is 1. The van der Waals surface area contributed by atoms with Crippen molar-refractivity contribution in [1.82, 2.24) is 19.5 Å². The van der Waals surface area contributed by atoms with Gasteiger partial charge in [0.25, 0.3) is 0 Å². The molecule has 28 heavy (non-hydrogen) atoms. The van der Waals surface area contributed by atoms with Crippen molar-refractivity contribution in [3.05, 3.63) is 12.7 Å². The van der Waals surface area contributed by atoms with Crippen LogP contribution in [0.25, 0.3) is 11.2 Å². The number of aromatic nitrogens is 4. The third-order valence-corrected chi connectivity index (χ3v) is 4.76. The largest absolute Gasteiger partial charge is 1.00 e. The molecular formula is C14H21N5NaO6PS. The van der Waals surface area contributed by atoms with Crippen LogP contribution in [-0.4, -0.2) is 51.0 Å². The van der Waals surface area contributed by atoms with Crippen molar-refractivity contribution in [2.24, 2.45) is 0 Å². The van der Waals surface area contributed by atoms with Gasteiger partial charge in [-0.3, -0.25) is 0 Å². The van der Waals surface area contributed by atoms with Gasteiger partial charge in [0, 0.05) is 6.49 Å². The molecule has 0 spiro atoms. The van der Waals surface area contributed by atoms with Crippen molar-refractivity contribution >= 4 is 41.4 Å². The molecule has 1 unspecified atom stereocenters. The van der Waals surface area contributed by atoms with Crippen molar-refractivity contribution < 1.29 is 58.0 Å². The van der Waals surface area contributed by atoms with E-state index in [-0.39, 0.29) is 53.9 Å². The first kappa shape index (κ1) is 25.2. The maximum absolute atomic E-state index is 12.2. The summed E-state index contributed by atoms with van der Waals surface area (Å²) in [7, 11) is 0. The quantitative estimate of drug-likeness (QED) is 0.199. The van der Waals surface area contributed by atoms with Crippen LogP contribution in [0.2, 0.25) is 0 Å². The topological polar surface area (TPSA) is 147 Å². The van der Waals surface area contributed by atoms with E-state index in [0.29, 0.717) is 17.7 Å². The fraction of sp³-hybridized carbons (Fsp3) is 0.571. The second-order valence-electron chi connectivity index (χ2n) is 5.85. The molecule has 0 aliphatic carbocycles. The smallest absolute Gasteiger partial charge is 0.799 e. The fourth-order valence-corrected chi connectivity index (χ4v) is 3.04. The van der Waals surface area contributed by atoms with Crippen LogP contribution in [0.15, 0.2) is 12.7 Å². The van der Waals surface area contributed by atoms with Gasteiger partial charge in [-0.05, 0) is 20.8 Å². The minimum atomic E-state index is -3.52. The number of nitrogen functional groups attached to an aromatic ring is 1. The van der Waals surface area contributed by atoms with Gasteiger partial charge in [-0.25, -0.2) is 19.7 Å². The first-order chi connectivity index (χ1) is 12.7. The molecule has 0 aliphatic rings. The standard InChI is InChI=1S/C14H22N5O6PS.Na/c1-9(2)25-14(20)22-7-24-26(21,27)8-23-10(3)4-19-6-18-11-12(15)16-5-17-13(11)19;/h5-6,9-10H,4,7-8H2,1-3H3,(H,21,27)(H2,15,16,17);/q;+1/p-1/t10-,26?;/m1./s1. The van der Waals surface area contributed by atoms with Crippen LogP contribution in [0, 0.1) is 0 Å². The third-order valence-electron chi connectivity index (χ3n) is 3.16. The molecule has 2 rings (SSSR count). The fourth-order valence-electron chi connectivity index (χ4n) is 2.00. The average Bonchev–Trinajstić information content (AvgIpc) is 2.97. The number of hydrogen-bond acceptors (Lipinski definition) is 11. The molecule has 0 saturated heterocycles. The van der Waals surface area contributed by atoms with Gasteiger partial charge in [0.15, 0.2) is 18.3 Å². The van der Waals surface area contributed by atoms with Gasteiger partial charge in [-0.2, -0.15) is 0 Å². The molecule has 150 valence electrons. The number of ether oxygens (including phenoxy) is 3. The Morgan fingerprint density at radius 2 is 2.07 bits per heavy atom. The molecule has 14 heteroatoms. The van der Waals surface area contributed by atoms with Crippen LogP contribution < -0.4 is 40.2 Å². The van der Waals surface area contributed by atoms with Crippen LogP contribution in [0.5, 0.6) is 0 Å². The SMILES string of the molecule is CC(C)OC(=O)OCOP([O-])(=S)CO[C@H](C)Cn1cnc2c(N)ncnc21.[Na+]. The number of fused-ring (bicyclic) bond motifs is 1. The van der Waals surface area contributed by atoms with Crippen LogP contribution in [0.4, 0.5) is 10.6 Å². The first-order valence-electron chi connectivity index (χ1n) is 7.99. The average molecular weight is 441 g/mol. The summed E-state index contributed by atoms with van der Waals surface area (Å²) in [5.74, 6) is 0.284. The molecular weight excluding hydrogens is 420 g/mol. The molecule has 11 nitrogen and oxygen atoms in total. The van der Waals surface area contributed by atoms with Gasteiger partial charge in [-0.15, -0.1) is 0 Å². The second kappa shape index (κ2) is 11.4. The summed E-state index contributed by atoms with van der Waals surface area (Å²) in [6.45, 7) is 1.37. The summed E-state index contributed by atoms with van der Waals surface area (Å²) in [6.07, 6.45) is 0.949. The maximum atomic E-state index is 12.2. The molecule has 0 fully saturated rings. The van der Waals surface area contributed by atoms with Crippen molar-refractivity contribution in [2.45, 2.75) is 39.5 Å². The molecule has 0 saturated carbocycles. The minimum absolute atomic E-state index is 0. The number of nitrogens with zero attached hydrogens (tertiary/aromatic N) is 4. The van der Waals surface area contributed by atoms with Crippen LogP contribution >= 0.6 is 6.49 Å². The van der Waals surface area contributed by atoms with Crippen LogP contribution in [0.1, 0.15) is 20.8 Å². The zero-order valence-electron chi connectivity index (χ0n) is 16.1.